The highest BCUT2D eigenvalue weighted by Crippen LogP contribution is 2.27. The Morgan fingerprint density at radius 1 is 1.00 bits per heavy atom. The Balaban J connectivity index is 2.35. The van der Waals surface area contributed by atoms with E-state index in [1.807, 2.05) is 12.1 Å². The molecule has 0 spiro atoms. The van der Waals surface area contributed by atoms with Crippen LogP contribution in [0.1, 0.15) is 50.9 Å². The molecule has 0 saturated carbocycles. The van der Waals surface area contributed by atoms with Crippen LogP contribution in [0.2, 0.25) is 0 Å². The maximum atomic E-state index is 4.58. The Labute approximate surface area is 129 Å². The van der Waals surface area contributed by atoms with E-state index in [4.69, 9.17) is 0 Å². The van der Waals surface area contributed by atoms with Gasteiger partial charge in [0.15, 0.2) is 0 Å². The standard InChI is InChI=1S/C16H20BrN3/c1-10(2)12-7-5-6-8-13(12)18-15-9-14(17)19-16(20-15)11(3)4/h5-11H,1-4H3,(H,18,19,20). The molecule has 0 atom stereocenters. The molecule has 0 aliphatic carbocycles. The third-order valence-corrected chi connectivity index (χ3v) is 3.48. The number of hydrogen-bond acceptors (Lipinski definition) is 3. The summed E-state index contributed by atoms with van der Waals surface area (Å²) < 4.78 is 0.806. The summed E-state index contributed by atoms with van der Waals surface area (Å²) in [5, 5.41) is 3.41. The Bertz CT molecular complexity index is 594. The van der Waals surface area contributed by atoms with E-state index in [0.717, 1.165) is 21.9 Å². The highest BCUT2D eigenvalue weighted by molar-refractivity contribution is 9.10. The zero-order valence-corrected chi connectivity index (χ0v) is 13.9. The molecule has 0 bridgehead atoms. The van der Waals surface area contributed by atoms with Gasteiger partial charge in [-0.3, -0.25) is 0 Å². The minimum absolute atomic E-state index is 0.299. The molecule has 106 valence electrons. The summed E-state index contributed by atoms with van der Waals surface area (Å²) in [7, 11) is 0. The first-order valence-electron chi connectivity index (χ1n) is 6.87. The van der Waals surface area contributed by atoms with Crippen molar-refractivity contribution in [2.24, 2.45) is 0 Å². The predicted molar refractivity (Wildman–Crippen MR) is 87.6 cm³/mol. The predicted octanol–water partition coefficient (Wildman–Crippen LogP) is 5.23. The second-order valence-electron chi connectivity index (χ2n) is 5.46. The smallest absolute Gasteiger partial charge is 0.135 e. The highest BCUT2D eigenvalue weighted by Gasteiger charge is 2.10. The van der Waals surface area contributed by atoms with Gasteiger partial charge in [0.25, 0.3) is 0 Å². The van der Waals surface area contributed by atoms with Crippen LogP contribution in [-0.4, -0.2) is 9.97 Å². The molecule has 2 aromatic rings. The first kappa shape index (κ1) is 15.0. The van der Waals surface area contributed by atoms with Gasteiger partial charge in [-0.15, -0.1) is 0 Å². The van der Waals surface area contributed by atoms with E-state index in [9.17, 15) is 0 Å². The summed E-state index contributed by atoms with van der Waals surface area (Å²) in [6.07, 6.45) is 0. The van der Waals surface area contributed by atoms with Crippen LogP contribution in [0, 0.1) is 0 Å². The zero-order chi connectivity index (χ0) is 14.7. The number of rotatable bonds is 4. The Hall–Kier alpha value is -1.42. The van der Waals surface area contributed by atoms with Crippen molar-refractivity contribution in [3.8, 4) is 0 Å². The van der Waals surface area contributed by atoms with Crippen LogP contribution in [0.4, 0.5) is 11.5 Å². The molecule has 0 aliphatic heterocycles. The summed E-state index contributed by atoms with van der Waals surface area (Å²) >= 11 is 3.45. The number of nitrogens with one attached hydrogen (secondary N) is 1. The van der Waals surface area contributed by atoms with Gasteiger partial charge in [0.05, 0.1) is 0 Å². The average Bonchev–Trinajstić information content (AvgIpc) is 2.38. The molecule has 0 radical (unpaired) electrons. The van der Waals surface area contributed by atoms with E-state index in [1.165, 1.54) is 5.56 Å². The lowest BCUT2D eigenvalue weighted by molar-refractivity contribution is 0.771. The van der Waals surface area contributed by atoms with Crippen molar-refractivity contribution in [2.45, 2.75) is 39.5 Å². The normalized spacial score (nSPS) is 11.2. The number of para-hydroxylation sites is 1. The number of nitrogens with zero attached hydrogens (tertiary/aromatic N) is 2. The van der Waals surface area contributed by atoms with Crippen LogP contribution in [-0.2, 0) is 0 Å². The average molecular weight is 334 g/mol. The van der Waals surface area contributed by atoms with Crippen LogP contribution < -0.4 is 5.32 Å². The number of benzene rings is 1. The van der Waals surface area contributed by atoms with Gasteiger partial charge in [-0.2, -0.15) is 0 Å². The molecule has 2 rings (SSSR count). The van der Waals surface area contributed by atoms with E-state index < -0.39 is 0 Å². The van der Waals surface area contributed by atoms with Crippen molar-refractivity contribution in [2.75, 3.05) is 5.32 Å². The van der Waals surface area contributed by atoms with Crippen LogP contribution in [0.25, 0.3) is 0 Å². The molecule has 0 fully saturated rings. The van der Waals surface area contributed by atoms with Crippen molar-refractivity contribution >= 4 is 27.4 Å². The quantitative estimate of drug-likeness (QED) is 0.778. The number of hydrogen-bond donors (Lipinski definition) is 1. The summed E-state index contributed by atoms with van der Waals surface area (Å²) in [5.74, 6) is 2.43. The Kier molecular flexibility index (Phi) is 4.76. The lowest BCUT2D eigenvalue weighted by Gasteiger charge is -2.15. The van der Waals surface area contributed by atoms with E-state index >= 15 is 0 Å². The molecule has 1 heterocycles. The van der Waals surface area contributed by atoms with Crippen molar-refractivity contribution < 1.29 is 0 Å². The van der Waals surface area contributed by atoms with Crippen molar-refractivity contribution in [3.05, 3.63) is 46.3 Å². The second-order valence-corrected chi connectivity index (χ2v) is 6.27. The zero-order valence-electron chi connectivity index (χ0n) is 12.3. The monoisotopic (exact) mass is 333 g/mol. The Morgan fingerprint density at radius 3 is 2.35 bits per heavy atom. The lowest BCUT2D eigenvalue weighted by atomic mass is 10.0. The van der Waals surface area contributed by atoms with Gasteiger partial charge in [0.2, 0.25) is 0 Å². The van der Waals surface area contributed by atoms with E-state index in [-0.39, 0.29) is 0 Å². The summed E-state index contributed by atoms with van der Waals surface area (Å²) in [6.45, 7) is 8.56. The number of anilines is 2. The topological polar surface area (TPSA) is 37.8 Å². The van der Waals surface area contributed by atoms with Crippen molar-refractivity contribution in [1.29, 1.82) is 0 Å². The Morgan fingerprint density at radius 2 is 1.70 bits per heavy atom. The fraction of sp³-hybridized carbons (Fsp3) is 0.375. The molecule has 4 heteroatoms. The summed E-state index contributed by atoms with van der Waals surface area (Å²) in [5.41, 5.74) is 2.39. The van der Waals surface area contributed by atoms with Gasteiger partial charge in [0, 0.05) is 17.7 Å². The van der Waals surface area contributed by atoms with Gasteiger partial charge in [-0.05, 0) is 33.5 Å². The molecule has 0 aliphatic rings. The highest BCUT2D eigenvalue weighted by atomic mass is 79.9. The largest absolute Gasteiger partial charge is 0.340 e. The molecular weight excluding hydrogens is 314 g/mol. The lowest BCUT2D eigenvalue weighted by Crippen LogP contribution is -2.04. The van der Waals surface area contributed by atoms with Crippen LogP contribution in [0.3, 0.4) is 0 Å². The van der Waals surface area contributed by atoms with E-state index in [1.54, 1.807) is 0 Å². The molecule has 0 unspecified atom stereocenters. The van der Waals surface area contributed by atoms with E-state index in [2.05, 4.69) is 77.1 Å². The summed E-state index contributed by atoms with van der Waals surface area (Å²) in [6, 6.07) is 10.2. The molecular formula is C16H20BrN3. The van der Waals surface area contributed by atoms with Gasteiger partial charge in [0.1, 0.15) is 16.2 Å². The van der Waals surface area contributed by atoms with Crippen LogP contribution >= 0.6 is 15.9 Å². The first-order chi connectivity index (χ1) is 9.47. The second kappa shape index (κ2) is 6.35. The maximum absolute atomic E-state index is 4.58. The van der Waals surface area contributed by atoms with Gasteiger partial charge in [-0.1, -0.05) is 45.9 Å². The molecule has 0 saturated heterocycles. The molecule has 20 heavy (non-hydrogen) atoms. The fourth-order valence-corrected chi connectivity index (χ4v) is 2.41. The van der Waals surface area contributed by atoms with Gasteiger partial charge >= 0.3 is 0 Å². The first-order valence-corrected chi connectivity index (χ1v) is 7.67. The molecule has 0 amide bonds. The number of halogens is 1. The third kappa shape index (κ3) is 3.57. The van der Waals surface area contributed by atoms with E-state index in [0.29, 0.717) is 11.8 Å². The van der Waals surface area contributed by atoms with Crippen LogP contribution in [0.15, 0.2) is 34.9 Å². The molecule has 1 N–H and O–H groups in total. The van der Waals surface area contributed by atoms with Crippen LogP contribution in [0.5, 0.6) is 0 Å². The number of aromatic nitrogens is 2. The minimum Gasteiger partial charge on any atom is -0.340 e. The molecule has 1 aromatic heterocycles. The van der Waals surface area contributed by atoms with Crippen molar-refractivity contribution in [1.82, 2.24) is 9.97 Å². The van der Waals surface area contributed by atoms with Gasteiger partial charge < -0.3 is 5.32 Å². The minimum atomic E-state index is 0.299. The van der Waals surface area contributed by atoms with Crippen molar-refractivity contribution in [3.63, 3.8) is 0 Å². The summed E-state index contributed by atoms with van der Waals surface area (Å²) in [4.78, 5) is 8.97. The molecule has 1 aromatic carbocycles. The molecule has 3 nitrogen and oxygen atoms in total. The van der Waals surface area contributed by atoms with Gasteiger partial charge in [-0.25, -0.2) is 9.97 Å². The fourth-order valence-electron chi connectivity index (χ4n) is 2.01. The maximum Gasteiger partial charge on any atom is 0.135 e. The third-order valence-electron chi connectivity index (χ3n) is 3.07. The SMILES string of the molecule is CC(C)c1nc(Br)cc(Nc2ccccc2C(C)C)n1.